The van der Waals surface area contributed by atoms with Crippen molar-refractivity contribution >= 4 is 44.3 Å². The average Bonchev–Trinajstić information content (AvgIpc) is 2.39. The van der Waals surface area contributed by atoms with Gasteiger partial charge in [0.15, 0.2) is 0 Å². The van der Waals surface area contributed by atoms with E-state index in [1.54, 1.807) is 26.1 Å². The molecule has 0 aromatic heterocycles. The molecule has 1 aliphatic heterocycles. The summed E-state index contributed by atoms with van der Waals surface area (Å²) < 4.78 is 32.2. The van der Waals surface area contributed by atoms with Gasteiger partial charge in [-0.05, 0) is 53.3 Å². The van der Waals surface area contributed by atoms with Gasteiger partial charge in [0.05, 0.1) is 11.2 Å². The standard InChI is InChI=1S/C11H12INO4S/c1-11(6-18(15,16)17)8-5-7(12)3-4-9(8)13(2)10(11)14/h3-5H,6H2,1-2H3,(H,15,16,17). The largest absolute Gasteiger partial charge is 0.314 e. The highest BCUT2D eigenvalue weighted by Crippen LogP contribution is 2.42. The lowest BCUT2D eigenvalue weighted by Crippen LogP contribution is -2.41. The first-order chi connectivity index (χ1) is 8.15. The maximum atomic E-state index is 12.2. The third kappa shape index (κ3) is 2.14. The monoisotopic (exact) mass is 381 g/mol. The Morgan fingerprint density at radius 2 is 2.06 bits per heavy atom. The minimum Gasteiger partial charge on any atom is -0.314 e. The van der Waals surface area contributed by atoms with Crippen molar-refractivity contribution in [1.29, 1.82) is 0 Å². The normalized spacial score (nSPS) is 23.3. The summed E-state index contributed by atoms with van der Waals surface area (Å²) in [5.74, 6) is -0.923. The van der Waals surface area contributed by atoms with Gasteiger partial charge in [-0.15, -0.1) is 0 Å². The molecular formula is C11H12INO4S. The molecule has 0 saturated heterocycles. The second-order valence-electron chi connectivity index (χ2n) is 4.58. The van der Waals surface area contributed by atoms with Gasteiger partial charge in [-0.1, -0.05) is 0 Å². The second kappa shape index (κ2) is 4.17. The molecule has 18 heavy (non-hydrogen) atoms. The minimum absolute atomic E-state index is 0.322. The number of amides is 1. The summed E-state index contributed by atoms with van der Waals surface area (Å²) in [7, 11) is -2.63. The quantitative estimate of drug-likeness (QED) is 0.621. The molecule has 0 radical (unpaired) electrons. The summed E-state index contributed by atoms with van der Waals surface area (Å²) in [6, 6.07) is 5.41. The summed E-state index contributed by atoms with van der Waals surface area (Å²) in [6.07, 6.45) is 0. The van der Waals surface area contributed by atoms with Crippen LogP contribution in [0.4, 0.5) is 5.69 Å². The Bertz CT molecular complexity index is 628. The summed E-state index contributed by atoms with van der Waals surface area (Å²) >= 11 is 2.10. The van der Waals surface area contributed by atoms with Gasteiger partial charge in [0.25, 0.3) is 10.1 Å². The van der Waals surface area contributed by atoms with E-state index in [4.69, 9.17) is 4.55 Å². The van der Waals surface area contributed by atoms with Gasteiger partial charge in [-0.25, -0.2) is 0 Å². The first-order valence-electron chi connectivity index (χ1n) is 5.18. The summed E-state index contributed by atoms with van der Waals surface area (Å²) in [5.41, 5.74) is 0.102. The molecular weight excluding hydrogens is 369 g/mol. The number of halogens is 1. The van der Waals surface area contributed by atoms with E-state index in [0.717, 1.165) is 3.57 Å². The number of carbonyl (C=O) groups excluding carboxylic acids is 1. The molecule has 1 N–H and O–H groups in total. The van der Waals surface area contributed by atoms with Crippen molar-refractivity contribution in [3.8, 4) is 0 Å². The zero-order valence-electron chi connectivity index (χ0n) is 9.84. The SMILES string of the molecule is CN1C(=O)C(C)(CS(=O)(=O)O)c2cc(I)ccc21. The van der Waals surface area contributed by atoms with Crippen LogP contribution in [0.5, 0.6) is 0 Å². The van der Waals surface area contributed by atoms with Crippen molar-refractivity contribution in [2.45, 2.75) is 12.3 Å². The maximum absolute atomic E-state index is 12.2. The average molecular weight is 381 g/mol. The van der Waals surface area contributed by atoms with Crippen LogP contribution in [-0.2, 0) is 20.3 Å². The summed E-state index contributed by atoms with van der Waals surface area (Å²) in [5, 5.41) is 0. The molecule has 0 aliphatic carbocycles. The lowest BCUT2D eigenvalue weighted by Gasteiger charge is -2.21. The number of hydrogen-bond donors (Lipinski definition) is 1. The van der Waals surface area contributed by atoms with E-state index in [1.165, 1.54) is 4.90 Å². The number of hydrogen-bond acceptors (Lipinski definition) is 3. The fourth-order valence-electron chi connectivity index (χ4n) is 2.34. The van der Waals surface area contributed by atoms with Crippen molar-refractivity contribution in [1.82, 2.24) is 0 Å². The van der Waals surface area contributed by atoms with Crippen LogP contribution in [0.25, 0.3) is 0 Å². The van der Waals surface area contributed by atoms with Gasteiger partial charge in [0.1, 0.15) is 0 Å². The number of anilines is 1. The van der Waals surface area contributed by atoms with Crippen LogP contribution in [0.3, 0.4) is 0 Å². The lowest BCUT2D eigenvalue weighted by atomic mass is 9.86. The van der Waals surface area contributed by atoms with E-state index in [1.807, 2.05) is 6.07 Å². The Hall–Kier alpha value is -0.670. The zero-order valence-corrected chi connectivity index (χ0v) is 12.8. The molecule has 0 bridgehead atoms. The van der Waals surface area contributed by atoms with Crippen LogP contribution >= 0.6 is 22.6 Å². The molecule has 0 spiro atoms. The van der Waals surface area contributed by atoms with Crippen LogP contribution in [-0.4, -0.2) is 31.7 Å². The third-order valence-electron chi connectivity index (χ3n) is 3.16. The highest BCUT2D eigenvalue weighted by atomic mass is 127. The number of fused-ring (bicyclic) bond motifs is 1. The highest BCUT2D eigenvalue weighted by Gasteiger charge is 2.48. The Balaban J connectivity index is 2.64. The molecule has 1 unspecified atom stereocenters. The molecule has 2 rings (SSSR count). The Kier molecular flexibility index (Phi) is 3.19. The fraction of sp³-hybridized carbons (Fsp3) is 0.364. The molecule has 1 amide bonds. The number of rotatable bonds is 2. The van der Waals surface area contributed by atoms with Gasteiger partial charge in [0, 0.05) is 16.3 Å². The van der Waals surface area contributed by atoms with E-state index in [0.29, 0.717) is 11.3 Å². The van der Waals surface area contributed by atoms with E-state index in [-0.39, 0.29) is 5.91 Å². The Morgan fingerprint density at radius 1 is 1.44 bits per heavy atom. The smallest absolute Gasteiger partial charge is 0.266 e. The molecule has 1 aromatic carbocycles. The van der Waals surface area contributed by atoms with Crippen LogP contribution < -0.4 is 4.90 Å². The van der Waals surface area contributed by atoms with E-state index >= 15 is 0 Å². The second-order valence-corrected chi connectivity index (χ2v) is 7.28. The first kappa shape index (κ1) is 13.8. The molecule has 0 saturated carbocycles. The molecule has 0 fully saturated rings. The molecule has 1 atom stereocenters. The van der Waals surface area contributed by atoms with Crippen LogP contribution in [0.15, 0.2) is 18.2 Å². The molecule has 7 heteroatoms. The predicted octanol–water partition coefficient (Wildman–Crippen LogP) is 1.41. The maximum Gasteiger partial charge on any atom is 0.266 e. The summed E-state index contributed by atoms with van der Waals surface area (Å²) in [6.45, 7) is 1.54. The number of carbonyl (C=O) groups is 1. The molecule has 1 heterocycles. The van der Waals surface area contributed by atoms with Crippen LogP contribution in [0.1, 0.15) is 12.5 Å². The van der Waals surface area contributed by atoms with Crippen molar-refractivity contribution in [2.75, 3.05) is 17.7 Å². The number of benzene rings is 1. The van der Waals surface area contributed by atoms with Gasteiger partial charge in [0.2, 0.25) is 5.91 Å². The summed E-state index contributed by atoms with van der Waals surface area (Å²) in [4.78, 5) is 13.6. The highest BCUT2D eigenvalue weighted by molar-refractivity contribution is 14.1. The van der Waals surface area contributed by atoms with Gasteiger partial charge in [-0.2, -0.15) is 8.42 Å². The zero-order chi connectivity index (χ0) is 13.7. The number of nitrogens with zero attached hydrogens (tertiary/aromatic N) is 1. The van der Waals surface area contributed by atoms with Gasteiger partial charge < -0.3 is 4.90 Å². The van der Waals surface area contributed by atoms with Crippen molar-refractivity contribution in [3.05, 3.63) is 27.3 Å². The molecule has 5 nitrogen and oxygen atoms in total. The van der Waals surface area contributed by atoms with Gasteiger partial charge in [-0.3, -0.25) is 9.35 Å². The first-order valence-corrected chi connectivity index (χ1v) is 7.87. The Labute approximate surface area is 119 Å². The van der Waals surface area contributed by atoms with Crippen LogP contribution in [0.2, 0.25) is 0 Å². The molecule has 1 aliphatic rings. The predicted molar refractivity (Wildman–Crippen MR) is 76.3 cm³/mol. The molecule has 98 valence electrons. The molecule has 1 aromatic rings. The topological polar surface area (TPSA) is 74.7 Å². The fourth-order valence-corrected chi connectivity index (χ4v) is 3.84. The third-order valence-corrected chi connectivity index (χ3v) is 4.78. The van der Waals surface area contributed by atoms with E-state index in [2.05, 4.69) is 22.6 Å². The van der Waals surface area contributed by atoms with Gasteiger partial charge >= 0.3 is 0 Å². The Morgan fingerprint density at radius 3 is 2.61 bits per heavy atom. The van der Waals surface area contributed by atoms with Crippen LogP contribution in [0, 0.1) is 3.57 Å². The minimum atomic E-state index is -4.23. The van der Waals surface area contributed by atoms with E-state index in [9.17, 15) is 13.2 Å². The number of likely N-dealkylation sites (N-methyl/N-ethyl adjacent to an activating group) is 1. The van der Waals surface area contributed by atoms with Crippen molar-refractivity contribution < 1.29 is 17.8 Å². The van der Waals surface area contributed by atoms with Crippen molar-refractivity contribution in [2.24, 2.45) is 0 Å². The lowest BCUT2D eigenvalue weighted by molar-refractivity contribution is -0.121. The van der Waals surface area contributed by atoms with Crippen molar-refractivity contribution in [3.63, 3.8) is 0 Å². The van der Waals surface area contributed by atoms with E-state index < -0.39 is 21.3 Å².